The van der Waals surface area contributed by atoms with Crippen molar-refractivity contribution >= 4 is 17.7 Å². The summed E-state index contributed by atoms with van der Waals surface area (Å²) in [6.07, 6.45) is 0.497. The highest BCUT2D eigenvalue weighted by atomic mass is 16.5. The van der Waals surface area contributed by atoms with Crippen molar-refractivity contribution in [2.45, 2.75) is 20.0 Å². The van der Waals surface area contributed by atoms with Gasteiger partial charge in [-0.25, -0.2) is 4.98 Å². The van der Waals surface area contributed by atoms with Crippen molar-refractivity contribution in [3.8, 4) is 0 Å². The van der Waals surface area contributed by atoms with E-state index in [2.05, 4.69) is 15.0 Å². The van der Waals surface area contributed by atoms with Crippen molar-refractivity contribution in [2.75, 3.05) is 11.9 Å². The van der Waals surface area contributed by atoms with Crippen molar-refractivity contribution in [2.24, 2.45) is 0 Å². The first kappa shape index (κ1) is 13.1. The number of anilines is 1. The second-order valence-electron chi connectivity index (χ2n) is 3.48. The third kappa shape index (κ3) is 4.60. The highest BCUT2D eigenvalue weighted by Crippen LogP contribution is 2.14. The zero-order chi connectivity index (χ0) is 12.8. The van der Waals surface area contributed by atoms with E-state index >= 15 is 0 Å². The highest BCUT2D eigenvalue weighted by Gasteiger charge is 2.09. The van der Waals surface area contributed by atoms with Gasteiger partial charge in [-0.2, -0.15) is 0 Å². The fourth-order valence-corrected chi connectivity index (χ4v) is 1.15. The fraction of sp³-hybridized carbons (Fsp3) is 0.364. The molecule has 1 aromatic rings. The number of aliphatic hydroxyl groups excluding tert-OH is 1. The van der Waals surface area contributed by atoms with Crippen molar-refractivity contribution in [3.63, 3.8) is 0 Å². The van der Waals surface area contributed by atoms with Crippen LogP contribution in [-0.4, -0.2) is 28.6 Å². The van der Waals surface area contributed by atoms with E-state index in [4.69, 9.17) is 0 Å². The van der Waals surface area contributed by atoms with Gasteiger partial charge in [0.1, 0.15) is 18.5 Å². The van der Waals surface area contributed by atoms with Crippen LogP contribution in [0.4, 0.5) is 5.82 Å². The van der Waals surface area contributed by atoms with Crippen LogP contribution in [-0.2, 0) is 14.3 Å². The van der Waals surface area contributed by atoms with Crippen molar-refractivity contribution in [1.29, 1.82) is 0 Å². The maximum Gasteiger partial charge on any atom is 0.302 e. The van der Waals surface area contributed by atoms with Gasteiger partial charge < -0.3 is 15.2 Å². The molecule has 0 aliphatic rings. The molecule has 0 unspecified atom stereocenters. The van der Waals surface area contributed by atoms with E-state index in [0.717, 1.165) is 0 Å². The van der Waals surface area contributed by atoms with Crippen molar-refractivity contribution < 1.29 is 19.4 Å². The number of carbonyl (C=O) groups excluding carboxylic acids is 2. The molecule has 1 aromatic heterocycles. The van der Waals surface area contributed by atoms with Crippen LogP contribution in [0, 0.1) is 0 Å². The molecule has 0 aliphatic heterocycles. The summed E-state index contributed by atoms with van der Waals surface area (Å²) in [6.45, 7) is 2.53. The fourth-order valence-electron chi connectivity index (χ4n) is 1.15. The van der Waals surface area contributed by atoms with E-state index in [9.17, 15) is 14.7 Å². The molecule has 1 rings (SSSR count). The summed E-state index contributed by atoms with van der Waals surface area (Å²) in [5, 5.41) is 12.1. The summed E-state index contributed by atoms with van der Waals surface area (Å²) in [6, 6.07) is 3.17. The first-order chi connectivity index (χ1) is 7.99. The number of pyridine rings is 1. The predicted molar refractivity (Wildman–Crippen MR) is 60.1 cm³/mol. The Morgan fingerprint density at radius 3 is 2.65 bits per heavy atom. The Morgan fingerprint density at radius 1 is 1.47 bits per heavy atom. The monoisotopic (exact) mass is 238 g/mol. The Balaban J connectivity index is 2.60. The number of nitrogens with one attached hydrogen (secondary N) is 1. The lowest BCUT2D eigenvalue weighted by Crippen LogP contribution is -2.11. The standard InChI is InChI=1S/C11H14N2O4/c1-7(14)13-11-4-3-9(5-12-11)10(16)6-17-8(2)15/h3-5,10,16H,6H2,1-2H3,(H,12,13,14)/t10-/m0/s1. The molecule has 92 valence electrons. The number of aromatic nitrogens is 1. The van der Waals surface area contributed by atoms with Crippen LogP contribution in [0.25, 0.3) is 0 Å². The Labute approximate surface area is 98.6 Å². The minimum absolute atomic E-state index is 0.115. The molecule has 6 heteroatoms. The summed E-state index contributed by atoms with van der Waals surface area (Å²) < 4.78 is 4.67. The number of aliphatic hydroxyl groups is 1. The predicted octanol–water partition coefficient (Wildman–Crippen LogP) is 0.636. The molecular formula is C11H14N2O4. The lowest BCUT2D eigenvalue weighted by molar-refractivity contribution is -0.144. The van der Waals surface area contributed by atoms with E-state index in [1.807, 2.05) is 0 Å². The lowest BCUT2D eigenvalue weighted by atomic mass is 10.2. The second kappa shape index (κ2) is 5.95. The number of esters is 1. The number of carbonyl (C=O) groups is 2. The number of amides is 1. The van der Waals surface area contributed by atoms with Crippen LogP contribution in [0.2, 0.25) is 0 Å². The molecule has 1 amide bonds. The first-order valence-electron chi connectivity index (χ1n) is 5.04. The number of rotatable bonds is 4. The quantitative estimate of drug-likeness (QED) is 0.751. The van der Waals surface area contributed by atoms with Crippen LogP contribution >= 0.6 is 0 Å². The molecule has 1 heterocycles. The Bertz CT molecular complexity index is 402. The molecule has 1 atom stereocenters. The summed E-state index contributed by atoms with van der Waals surface area (Å²) >= 11 is 0. The van der Waals surface area contributed by atoms with E-state index in [0.29, 0.717) is 11.4 Å². The second-order valence-corrected chi connectivity index (χ2v) is 3.48. The Hall–Kier alpha value is -1.95. The van der Waals surface area contributed by atoms with Crippen molar-refractivity contribution in [3.05, 3.63) is 23.9 Å². The Morgan fingerprint density at radius 2 is 2.18 bits per heavy atom. The van der Waals surface area contributed by atoms with Crippen LogP contribution in [0.15, 0.2) is 18.3 Å². The molecule has 0 aliphatic carbocycles. The molecule has 0 aromatic carbocycles. The van der Waals surface area contributed by atoms with Gasteiger partial charge in [0.2, 0.25) is 5.91 Å². The maximum atomic E-state index is 10.8. The zero-order valence-electron chi connectivity index (χ0n) is 9.64. The van der Waals surface area contributed by atoms with E-state index in [1.54, 1.807) is 12.1 Å². The molecular weight excluding hydrogens is 224 g/mol. The average molecular weight is 238 g/mol. The normalized spacial score (nSPS) is 11.7. The molecule has 0 saturated heterocycles. The molecule has 6 nitrogen and oxygen atoms in total. The van der Waals surface area contributed by atoms with Gasteiger partial charge in [0.05, 0.1) is 0 Å². The summed E-state index contributed by atoms with van der Waals surface area (Å²) in [4.78, 5) is 25.2. The molecule has 0 bridgehead atoms. The first-order valence-corrected chi connectivity index (χ1v) is 5.04. The summed E-state index contributed by atoms with van der Waals surface area (Å²) in [5.41, 5.74) is 0.514. The SMILES string of the molecule is CC(=O)Nc1ccc([C@@H](O)COC(C)=O)cn1. The smallest absolute Gasteiger partial charge is 0.302 e. The van der Waals surface area contributed by atoms with Gasteiger partial charge in [0, 0.05) is 25.6 Å². The Kier molecular flexibility index (Phi) is 4.59. The molecule has 0 saturated carbocycles. The number of ether oxygens (including phenoxy) is 1. The minimum atomic E-state index is -0.919. The van der Waals surface area contributed by atoms with Crippen LogP contribution in [0.3, 0.4) is 0 Å². The van der Waals surface area contributed by atoms with Gasteiger partial charge in [-0.05, 0) is 6.07 Å². The molecule has 2 N–H and O–H groups in total. The van der Waals surface area contributed by atoms with Gasteiger partial charge in [0.15, 0.2) is 0 Å². The van der Waals surface area contributed by atoms with Crippen LogP contribution in [0.1, 0.15) is 25.5 Å². The zero-order valence-corrected chi connectivity index (χ0v) is 9.64. The molecule has 0 spiro atoms. The van der Waals surface area contributed by atoms with E-state index < -0.39 is 12.1 Å². The van der Waals surface area contributed by atoms with Crippen LogP contribution < -0.4 is 5.32 Å². The van der Waals surface area contributed by atoms with Gasteiger partial charge in [-0.1, -0.05) is 6.07 Å². The number of hydrogen-bond donors (Lipinski definition) is 2. The molecule has 17 heavy (non-hydrogen) atoms. The minimum Gasteiger partial charge on any atom is -0.463 e. The third-order valence-corrected chi connectivity index (χ3v) is 1.92. The van der Waals surface area contributed by atoms with Gasteiger partial charge in [-0.3, -0.25) is 9.59 Å². The van der Waals surface area contributed by atoms with E-state index in [-0.39, 0.29) is 12.5 Å². The topological polar surface area (TPSA) is 88.5 Å². The third-order valence-electron chi connectivity index (χ3n) is 1.92. The van der Waals surface area contributed by atoms with Gasteiger partial charge in [-0.15, -0.1) is 0 Å². The molecule has 0 radical (unpaired) electrons. The number of hydrogen-bond acceptors (Lipinski definition) is 5. The van der Waals surface area contributed by atoms with Crippen LogP contribution in [0.5, 0.6) is 0 Å². The van der Waals surface area contributed by atoms with Gasteiger partial charge >= 0.3 is 5.97 Å². The summed E-state index contributed by atoms with van der Waals surface area (Å²) in [7, 11) is 0. The maximum absolute atomic E-state index is 10.8. The lowest BCUT2D eigenvalue weighted by Gasteiger charge is -2.10. The summed E-state index contributed by atoms with van der Waals surface area (Å²) in [5.74, 6) is -0.265. The van der Waals surface area contributed by atoms with Gasteiger partial charge in [0.25, 0.3) is 0 Å². The molecule has 0 fully saturated rings. The van der Waals surface area contributed by atoms with Crippen molar-refractivity contribution in [1.82, 2.24) is 4.98 Å². The average Bonchev–Trinajstić information content (AvgIpc) is 2.26. The van der Waals surface area contributed by atoms with E-state index in [1.165, 1.54) is 20.0 Å². The highest BCUT2D eigenvalue weighted by molar-refractivity contribution is 5.87. The number of nitrogens with zero attached hydrogens (tertiary/aromatic N) is 1. The largest absolute Gasteiger partial charge is 0.463 e.